The van der Waals surface area contributed by atoms with E-state index in [9.17, 15) is 4.39 Å². The summed E-state index contributed by atoms with van der Waals surface area (Å²) in [4.78, 5) is 6.54. The Hall–Kier alpha value is -3.49. The van der Waals surface area contributed by atoms with E-state index in [4.69, 9.17) is 32.8 Å². The molecule has 3 heterocycles. The van der Waals surface area contributed by atoms with Gasteiger partial charge in [-0.2, -0.15) is 4.98 Å². The van der Waals surface area contributed by atoms with E-state index in [0.29, 0.717) is 34.0 Å². The first kappa shape index (κ1) is 21.4. The van der Waals surface area contributed by atoms with Gasteiger partial charge in [-0.15, -0.1) is 0 Å². The number of furan rings is 1. The number of halogens is 2. The van der Waals surface area contributed by atoms with Crippen LogP contribution in [0.2, 0.25) is 5.02 Å². The minimum atomic E-state index is -0.356. The lowest BCUT2D eigenvalue weighted by Crippen LogP contribution is -2.45. The maximum Gasteiger partial charge on any atom is 0.258 e. The van der Waals surface area contributed by atoms with E-state index in [0.717, 1.165) is 22.6 Å². The molecular formula is C24H18ClFN4O2S. The van der Waals surface area contributed by atoms with Crippen LogP contribution in [0.25, 0.3) is 17.0 Å². The molecule has 0 amide bonds. The van der Waals surface area contributed by atoms with Crippen LogP contribution >= 0.6 is 23.8 Å². The zero-order valence-electron chi connectivity index (χ0n) is 17.5. The van der Waals surface area contributed by atoms with Gasteiger partial charge >= 0.3 is 0 Å². The van der Waals surface area contributed by atoms with Crippen molar-refractivity contribution in [3.8, 4) is 11.4 Å². The largest absolute Gasteiger partial charge is 0.467 e. The second-order valence-corrected chi connectivity index (χ2v) is 8.36. The van der Waals surface area contributed by atoms with Crippen LogP contribution in [0, 0.1) is 5.82 Å². The van der Waals surface area contributed by atoms with E-state index >= 15 is 0 Å². The number of hydrogen-bond donors (Lipinski definition) is 1. The molecule has 1 aliphatic rings. The third kappa shape index (κ3) is 4.27. The van der Waals surface area contributed by atoms with Gasteiger partial charge in [-0.1, -0.05) is 28.9 Å². The van der Waals surface area contributed by atoms with Gasteiger partial charge in [0, 0.05) is 16.3 Å². The first-order chi connectivity index (χ1) is 16.0. The number of hydrogen-bond acceptors (Lipinski definition) is 5. The molecule has 9 heteroatoms. The molecule has 5 rings (SSSR count). The lowest BCUT2D eigenvalue weighted by atomic mass is 9.95. The van der Waals surface area contributed by atoms with Crippen LogP contribution in [0.1, 0.15) is 30.2 Å². The van der Waals surface area contributed by atoms with Gasteiger partial charge < -0.3 is 19.2 Å². The van der Waals surface area contributed by atoms with E-state index in [1.165, 1.54) is 12.1 Å². The molecular weight excluding hydrogens is 463 g/mol. The number of nitrogens with one attached hydrogen (secondary N) is 1. The Kier molecular flexibility index (Phi) is 5.70. The molecule has 0 fully saturated rings. The van der Waals surface area contributed by atoms with Crippen LogP contribution in [0.3, 0.4) is 0 Å². The average molecular weight is 481 g/mol. The van der Waals surface area contributed by atoms with Gasteiger partial charge in [-0.3, -0.25) is 0 Å². The molecule has 6 nitrogen and oxygen atoms in total. The van der Waals surface area contributed by atoms with Crippen LogP contribution in [-0.4, -0.2) is 20.2 Å². The molecule has 1 atom stereocenters. The minimum Gasteiger partial charge on any atom is -0.467 e. The first-order valence-electron chi connectivity index (χ1n) is 10.2. The van der Waals surface area contributed by atoms with Gasteiger partial charge in [0.05, 0.1) is 24.4 Å². The lowest BCUT2D eigenvalue weighted by Gasteiger charge is -2.37. The molecule has 2 aromatic heterocycles. The van der Waals surface area contributed by atoms with E-state index in [1.54, 1.807) is 18.4 Å². The summed E-state index contributed by atoms with van der Waals surface area (Å²) >= 11 is 12.0. The second kappa shape index (κ2) is 8.80. The van der Waals surface area contributed by atoms with Gasteiger partial charge in [0.15, 0.2) is 5.11 Å². The van der Waals surface area contributed by atoms with Gasteiger partial charge in [0.2, 0.25) is 5.82 Å². The van der Waals surface area contributed by atoms with Crippen molar-refractivity contribution < 1.29 is 13.3 Å². The van der Waals surface area contributed by atoms with E-state index in [-0.39, 0.29) is 11.9 Å². The van der Waals surface area contributed by atoms with Crippen LogP contribution in [0.4, 0.5) is 4.39 Å². The number of allylic oxidation sites excluding steroid dienone is 1. The minimum absolute atomic E-state index is 0.330. The summed E-state index contributed by atoms with van der Waals surface area (Å²) in [5, 5.41) is 8.65. The standard InChI is InChI=1S/C24H18ClFN4O2S/c1-14-20(23-28-22(29-32-23)15-7-9-18(26)10-8-15)21(16-4-2-5-17(25)12-16)27-24(33)30(14)13-19-6-3-11-31-19/h2-12,21H,13H2,1H3,(H,27,33). The van der Waals surface area contributed by atoms with Crippen LogP contribution in [0.15, 0.2) is 81.6 Å². The monoisotopic (exact) mass is 480 g/mol. The second-order valence-electron chi connectivity index (χ2n) is 7.53. The van der Waals surface area contributed by atoms with Crippen molar-refractivity contribution >= 4 is 34.5 Å². The van der Waals surface area contributed by atoms with Crippen LogP contribution in [0.5, 0.6) is 0 Å². The third-order valence-electron chi connectivity index (χ3n) is 5.43. The van der Waals surface area contributed by atoms with Crippen molar-refractivity contribution in [2.24, 2.45) is 0 Å². The Morgan fingerprint density at radius 1 is 1.15 bits per heavy atom. The predicted octanol–water partition coefficient (Wildman–Crippen LogP) is 5.98. The molecule has 0 saturated heterocycles. The van der Waals surface area contributed by atoms with Crippen molar-refractivity contribution in [3.05, 3.63) is 101 Å². The molecule has 1 N–H and O–H groups in total. The summed E-state index contributed by atoms with van der Waals surface area (Å²) in [5.41, 5.74) is 3.15. The Labute approximate surface area is 199 Å². The highest BCUT2D eigenvalue weighted by atomic mass is 35.5. The van der Waals surface area contributed by atoms with Crippen molar-refractivity contribution in [1.29, 1.82) is 0 Å². The third-order valence-corrected chi connectivity index (χ3v) is 6.00. The van der Waals surface area contributed by atoms with Crippen molar-refractivity contribution in [1.82, 2.24) is 20.4 Å². The molecule has 0 spiro atoms. The molecule has 1 aliphatic heterocycles. The Bertz CT molecular complexity index is 1330. The quantitative estimate of drug-likeness (QED) is 0.352. The number of benzene rings is 2. The summed E-state index contributed by atoms with van der Waals surface area (Å²) in [7, 11) is 0. The molecule has 166 valence electrons. The topological polar surface area (TPSA) is 67.3 Å². The molecule has 0 saturated carbocycles. The molecule has 4 aromatic rings. The highest BCUT2D eigenvalue weighted by Gasteiger charge is 2.34. The normalized spacial score (nSPS) is 16.3. The Morgan fingerprint density at radius 2 is 1.97 bits per heavy atom. The predicted molar refractivity (Wildman–Crippen MR) is 126 cm³/mol. The maximum atomic E-state index is 13.3. The number of nitrogens with zero attached hydrogens (tertiary/aromatic N) is 3. The zero-order chi connectivity index (χ0) is 22.9. The fourth-order valence-corrected chi connectivity index (χ4v) is 4.31. The van der Waals surface area contributed by atoms with Crippen LogP contribution in [-0.2, 0) is 6.54 Å². The Morgan fingerprint density at radius 3 is 2.70 bits per heavy atom. The highest BCUT2D eigenvalue weighted by Crippen LogP contribution is 2.38. The number of aromatic nitrogens is 2. The summed E-state index contributed by atoms with van der Waals surface area (Å²) in [5.74, 6) is 1.12. The van der Waals surface area contributed by atoms with Gasteiger partial charge in [-0.05, 0) is 73.2 Å². The van der Waals surface area contributed by atoms with Gasteiger partial charge in [-0.25, -0.2) is 4.39 Å². The average Bonchev–Trinajstić information content (AvgIpc) is 3.49. The summed E-state index contributed by atoms with van der Waals surface area (Å²) in [6, 6.07) is 16.8. The van der Waals surface area contributed by atoms with E-state index in [1.807, 2.05) is 48.2 Å². The van der Waals surface area contributed by atoms with Crippen molar-refractivity contribution in [3.63, 3.8) is 0 Å². The Balaban J connectivity index is 1.60. The lowest BCUT2D eigenvalue weighted by molar-refractivity contribution is 0.382. The molecule has 33 heavy (non-hydrogen) atoms. The zero-order valence-corrected chi connectivity index (χ0v) is 19.0. The first-order valence-corrected chi connectivity index (χ1v) is 10.9. The van der Waals surface area contributed by atoms with Gasteiger partial charge in [0.25, 0.3) is 5.89 Å². The van der Waals surface area contributed by atoms with Crippen molar-refractivity contribution in [2.45, 2.75) is 19.5 Å². The number of rotatable bonds is 5. The highest BCUT2D eigenvalue weighted by molar-refractivity contribution is 7.80. The summed E-state index contributed by atoms with van der Waals surface area (Å²) < 4.78 is 24.5. The van der Waals surface area contributed by atoms with Gasteiger partial charge in [0.1, 0.15) is 11.6 Å². The smallest absolute Gasteiger partial charge is 0.258 e. The molecule has 0 aliphatic carbocycles. The van der Waals surface area contributed by atoms with Crippen LogP contribution < -0.4 is 5.32 Å². The van der Waals surface area contributed by atoms with E-state index < -0.39 is 0 Å². The molecule has 2 aromatic carbocycles. The summed E-state index contributed by atoms with van der Waals surface area (Å²) in [6.07, 6.45) is 1.62. The summed E-state index contributed by atoms with van der Waals surface area (Å²) in [6.45, 7) is 2.39. The molecule has 0 bridgehead atoms. The number of thiocarbonyl (C=S) groups is 1. The molecule has 1 unspecified atom stereocenters. The fraction of sp³-hybridized carbons (Fsp3) is 0.125. The van der Waals surface area contributed by atoms with E-state index in [2.05, 4.69) is 15.5 Å². The fourth-order valence-electron chi connectivity index (χ4n) is 3.79. The van der Waals surface area contributed by atoms with Crippen molar-refractivity contribution in [2.75, 3.05) is 0 Å². The maximum absolute atomic E-state index is 13.3. The SMILES string of the molecule is CC1=C(c2nc(-c3ccc(F)cc3)no2)C(c2cccc(Cl)c2)NC(=S)N1Cc1ccco1. The molecule has 0 radical (unpaired) electrons.